The van der Waals surface area contributed by atoms with Crippen molar-refractivity contribution in [1.29, 1.82) is 0 Å². The van der Waals surface area contributed by atoms with Gasteiger partial charge in [0, 0.05) is 23.8 Å². The molecule has 2 rings (SSSR count). The van der Waals surface area contributed by atoms with Crippen molar-refractivity contribution in [1.82, 2.24) is 20.3 Å². The minimum Gasteiger partial charge on any atom is -0.375 e. The van der Waals surface area contributed by atoms with Gasteiger partial charge in [-0.25, -0.2) is 4.68 Å². The number of hydrogen-bond acceptors (Lipinski definition) is 4. The van der Waals surface area contributed by atoms with E-state index in [0.29, 0.717) is 25.8 Å². The van der Waals surface area contributed by atoms with Crippen molar-refractivity contribution in [2.45, 2.75) is 39.6 Å². The Morgan fingerprint density at radius 2 is 2.14 bits per heavy atom. The number of nitrogens with zero attached hydrogens (tertiary/aromatic N) is 3. The molecule has 0 aliphatic carbocycles. The molecular weight excluding hydrogens is 288 g/mol. The minimum absolute atomic E-state index is 0.439. The number of nitrogens with one attached hydrogen (secondary N) is 1. The van der Waals surface area contributed by atoms with Gasteiger partial charge in [-0.2, -0.15) is 0 Å². The van der Waals surface area contributed by atoms with Crippen molar-refractivity contribution in [3.05, 3.63) is 46.7 Å². The van der Waals surface area contributed by atoms with E-state index in [1.165, 1.54) is 0 Å². The molecule has 0 amide bonds. The van der Waals surface area contributed by atoms with Gasteiger partial charge in [-0.1, -0.05) is 48.9 Å². The largest absolute Gasteiger partial charge is 0.375 e. The maximum absolute atomic E-state index is 6.07. The van der Waals surface area contributed by atoms with E-state index in [-0.39, 0.29) is 0 Å². The molecule has 0 spiro atoms. The summed E-state index contributed by atoms with van der Waals surface area (Å²) in [5.74, 6) is 0. The average Bonchev–Trinajstić information content (AvgIpc) is 2.91. The second-order valence-electron chi connectivity index (χ2n) is 5.15. The van der Waals surface area contributed by atoms with Gasteiger partial charge in [-0.15, -0.1) is 5.10 Å². The Kier molecular flexibility index (Phi) is 6.17. The number of benzene rings is 1. The molecule has 0 atom stereocenters. The summed E-state index contributed by atoms with van der Waals surface area (Å²) in [5.41, 5.74) is 1.94. The first-order valence-electron chi connectivity index (χ1n) is 7.08. The SMILES string of the molecule is CC(C)NCc1cn(CCOCc2ccccc2Cl)nn1. The highest BCUT2D eigenvalue weighted by Crippen LogP contribution is 2.15. The Bertz CT molecular complexity index is 556. The van der Waals surface area contributed by atoms with Gasteiger partial charge in [0.05, 0.1) is 25.5 Å². The average molecular weight is 309 g/mol. The van der Waals surface area contributed by atoms with Gasteiger partial charge in [0.1, 0.15) is 0 Å². The van der Waals surface area contributed by atoms with Crippen LogP contribution in [0.5, 0.6) is 0 Å². The van der Waals surface area contributed by atoms with Crippen molar-refractivity contribution in [3.8, 4) is 0 Å². The Morgan fingerprint density at radius 3 is 2.90 bits per heavy atom. The van der Waals surface area contributed by atoms with Crippen molar-refractivity contribution < 1.29 is 4.74 Å². The molecule has 0 radical (unpaired) electrons. The smallest absolute Gasteiger partial charge is 0.0964 e. The fourth-order valence-electron chi connectivity index (χ4n) is 1.79. The van der Waals surface area contributed by atoms with Crippen molar-refractivity contribution in [2.24, 2.45) is 0 Å². The summed E-state index contributed by atoms with van der Waals surface area (Å²) in [6.07, 6.45) is 1.94. The molecule has 1 N–H and O–H groups in total. The fourth-order valence-corrected chi connectivity index (χ4v) is 1.98. The van der Waals surface area contributed by atoms with E-state index in [1.54, 1.807) is 4.68 Å². The zero-order chi connectivity index (χ0) is 15.1. The summed E-state index contributed by atoms with van der Waals surface area (Å²) in [6.45, 7) is 6.71. The number of halogens is 1. The van der Waals surface area contributed by atoms with Crippen molar-refractivity contribution in [2.75, 3.05) is 6.61 Å². The van der Waals surface area contributed by atoms with E-state index >= 15 is 0 Å². The van der Waals surface area contributed by atoms with Crippen LogP contribution in [0.2, 0.25) is 5.02 Å². The first-order chi connectivity index (χ1) is 10.1. The van der Waals surface area contributed by atoms with Crippen molar-refractivity contribution in [3.63, 3.8) is 0 Å². The Balaban J connectivity index is 1.70. The van der Waals surface area contributed by atoms with Crippen LogP contribution in [-0.4, -0.2) is 27.6 Å². The molecule has 0 aliphatic rings. The third kappa shape index (κ3) is 5.46. The van der Waals surface area contributed by atoms with E-state index in [0.717, 1.165) is 22.8 Å². The fraction of sp³-hybridized carbons (Fsp3) is 0.467. The molecule has 21 heavy (non-hydrogen) atoms. The van der Waals surface area contributed by atoms with Crippen molar-refractivity contribution >= 4 is 11.6 Å². The van der Waals surface area contributed by atoms with E-state index in [9.17, 15) is 0 Å². The minimum atomic E-state index is 0.439. The molecule has 114 valence electrons. The van der Waals surface area contributed by atoms with E-state index in [4.69, 9.17) is 16.3 Å². The van der Waals surface area contributed by atoms with Crippen LogP contribution < -0.4 is 5.32 Å². The summed E-state index contributed by atoms with van der Waals surface area (Å²) in [4.78, 5) is 0. The van der Waals surface area contributed by atoms with Crippen LogP contribution in [0.15, 0.2) is 30.5 Å². The molecule has 0 saturated heterocycles. The predicted molar refractivity (Wildman–Crippen MR) is 83.1 cm³/mol. The second kappa shape index (κ2) is 8.12. The molecular formula is C15H21ClN4O. The van der Waals surface area contributed by atoms with Crippen LogP contribution in [0.3, 0.4) is 0 Å². The normalized spacial score (nSPS) is 11.2. The third-order valence-corrected chi connectivity index (χ3v) is 3.33. The molecule has 5 nitrogen and oxygen atoms in total. The van der Waals surface area contributed by atoms with Gasteiger partial charge < -0.3 is 10.1 Å². The quantitative estimate of drug-likeness (QED) is 0.762. The Hall–Kier alpha value is -1.43. The highest BCUT2D eigenvalue weighted by atomic mass is 35.5. The Labute approximate surface area is 130 Å². The number of hydrogen-bond donors (Lipinski definition) is 1. The topological polar surface area (TPSA) is 52.0 Å². The molecule has 0 aliphatic heterocycles. The molecule has 6 heteroatoms. The summed E-state index contributed by atoms with van der Waals surface area (Å²) < 4.78 is 7.42. The van der Waals surface area contributed by atoms with E-state index in [2.05, 4.69) is 29.5 Å². The molecule has 0 bridgehead atoms. The Morgan fingerprint density at radius 1 is 1.33 bits per heavy atom. The zero-order valence-electron chi connectivity index (χ0n) is 12.4. The van der Waals surface area contributed by atoms with Crippen LogP contribution in [0.4, 0.5) is 0 Å². The standard InChI is InChI=1S/C15H21ClN4O/c1-12(2)17-9-14-10-20(19-18-14)7-8-21-11-13-5-3-4-6-15(13)16/h3-6,10,12,17H,7-9,11H2,1-2H3. The lowest BCUT2D eigenvalue weighted by Gasteiger charge is -2.06. The van der Waals surface area contributed by atoms with E-state index in [1.807, 2.05) is 30.5 Å². The van der Waals surface area contributed by atoms with Crippen LogP contribution in [0.25, 0.3) is 0 Å². The first kappa shape index (κ1) is 15.9. The van der Waals surface area contributed by atoms with Gasteiger partial charge in [-0.3, -0.25) is 0 Å². The van der Waals surface area contributed by atoms with Gasteiger partial charge in [0.15, 0.2) is 0 Å². The summed E-state index contributed by atoms with van der Waals surface area (Å²) in [7, 11) is 0. The predicted octanol–water partition coefficient (Wildman–Crippen LogP) is 2.65. The molecule has 0 saturated carbocycles. The maximum Gasteiger partial charge on any atom is 0.0964 e. The molecule has 1 heterocycles. The number of aromatic nitrogens is 3. The van der Waals surface area contributed by atoms with E-state index < -0.39 is 0 Å². The van der Waals surface area contributed by atoms with Gasteiger partial charge in [0.25, 0.3) is 0 Å². The van der Waals surface area contributed by atoms with Crippen LogP contribution in [0.1, 0.15) is 25.1 Å². The number of rotatable bonds is 8. The van der Waals surface area contributed by atoms with Crippen LogP contribution >= 0.6 is 11.6 Å². The maximum atomic E-state index is 6.07. The van der Waals surface area contributed by atoms with Crippen LogP contribution in [-0.2, 0) is 24.4 Å². The lowest BCUT2D eigenvalue weighted by Crippen LogP contribution is -2.21. The highest BCUT2D eigenvalue weighted by molar-refractivity contribution is 6.31. The van der Waals surface area contributed by atoms with Gasteiger partial charge >= 0.3 is 0 Å². The third-order valence-electron chi connectivity index (χ3n) is 2.96. The first-order valence-corrected chi connectivity index (χ1v) is 7.46. The molecule has 0 unspecified atom stereocenters. The molecule has 1 aromatic heterocycles. The molecule has 0 fully saturated rings. The molecule has 1 aromatic carbocycles. The highest BCUT2D eigenvalue weighted by Gasteiger charge is 2.02. The summed E-state index contributed by atoms with van der Waals surface area (Å²) >= 11 is 6.07. The monoisotopic (exact) mass is 308 g/mol. The lowest BCUT2D eigenvalue weighted by molar-refractivity contribution is 0.110. The summed E-state index contributed by atoms with van der Waals surface area (Å²) in [5, 5.41) is 12.2. The number of ether oxygens (including phenoxy) is 1. The van der Waals surface area contributed by atoms with Gasteiger partial charge in [0.2, 0.25) is 0 Å². The molecule has 2 aromatic rings. The zero-order valence-corrected chi connectivity index (χ0v) is 13.2. The summed E-state index contributed by atoms with van der Waals surface area (Å²) in [6, 6.07) is 8.14. The second-order valence-corrected chi connectivity index (χ2v) is 5.56. The van der Waals surface area contributed by atoms with Gasteiger partial charge in [-0.05, 0) is 11.6 Å². The van der Waals surface area contributed by atoms with Crippen LogP contribution in [0, 0.1) is 0 Å². The lowest BCUT2D eigenvalue weighted by atomic mass is 10.2.